The molecule has 1 N–H and O–H groups in total. The molecule has 0 radical (unpaired) electrons. The summed E-state index contributed by atoms with van der Waals surface area (Å²) in [6.07, 6.45) is 0. The fourth-order valence-corrected chi connectivity index (χ4v) is 3.70. The molecule has 0 fully saturated rings. The molecule has 1 atom stereocenters. The van der Waals surface area contributed by atoms with Gasteiger partial charge in [0.1, 0.15) is 0 Å². The number of nitrogens with one attached hydrogen (secondary N) is 1. The average Bonchev–Trinajstić information content (AvgIpc) is 2.78. The zero-order valence-electron chi connectivity index (χ0n) is 11.2. The number of thiophene rings is 1. The molecule has 3 nitrogen and oxygen atoms in total. The Morgan fingerprint density at radius 2 is 2.10 bits per heavy atom. The maximum absolute atomic E-state index is 13.7. The van der Waals surface area contributed by atoms with Gasteiger partial charge in [0.05, 0.1) is 21.8 Å². The van der Waals surface area contributed by atoms with Crippen LogP contribution in [0, 0.1) is 5.82 Å². The van der Waals surface area contributed by atoms with E-state index in [0.717, 1.165) is 8.26 Å². The number of carbonyl (C=O) groups excluding carboxylic acids is 1. The second-order valence-electron chi connectivity index (χ2n) is 4.32. The lowest BCUT2D eigenvalue weighted by Crippen LogP contribution is -2.25. The van der Waals surface area contributed by atoms with E-state index in [2.05, 4.69) is 37.2 Å². The van der Waals surface area contributed by atoms with Crippen LogP contribution in [-0.4, -0.2) is 13.0 Å². The normalized spacial score (nSPS) is 12.0. The second-order valence-corrected chi connectivity index (χ2v) is 7.55. The Kier molecular flexibility index (Phi) is 5.40. The average molecular weight is 437 g/mol. The molecule has 1 aromatic heterocycles. The minimum absolute atomic E-state index is 0.184. The molecule has 0 aliphatic heterocycles. The molecule has 2 aromatic rings. The summed E-state index contributed by atoms with van der Waals surface area (Å²) in [6, 6.07) is 6.08. The van der Waals surface area contributed by atoms with Crippen LogP contribution < -0.4 is 10.1 Å². The van der Waals surface area contributed by atoms with E-state index in [9.17, 15) is 9.18 Å². The van der Waals surface area contributed by atoms with Crippen molar-refractivity contribution >= 4 is 49.1 Å². The van der Waals surface area contributed by atoms with Gasteiger partial charge in [0.2, 0.25) is 0 Å². The third kappa shape index (κ3) is 3.84. The van der Waals surface area contributed by atoms with Gasteiger partial charge >= 0.3 is 0 Å². The SMILES string of the molecule is COc1ccc(C(C)NC(=O)c2cc(Br)c(Br)s2)cc1F. The van der Waals surface area contributed by atoms with Crippen LogP contribution in [0.3, 0.4) is 0 Å². The topological polar surface area (TPSA) is 38.3 Å². The first-order chi connectivity index (χ1) is 9.92. The number of hydrogen-bond donors (Lipinski definition) is 1. The van der Waals surface area contributed by atoms with Crippen molar-refractivity contribution in [2.75, 3.05) is 7.11 Å². The first-order valence-corrected chi connectivity index (χ1v) is 8.41. The van der Waals surface area contributed by atoms with E-state index in [1.54, 1.807) is 25.1 Å². The zero-order valence-corrected chi connectivity index (χ0v) is 15.2. The maximum atomic E-state index is 13.7. The smallest absolute Gasteiger partial charge is 0.261 e. The van der Waals surface area contributed by atoms with Crippen molar-refractivity contribution in [2.45, 2.75) is 13.0 Å². The van der Waals surface area contributed by atoms with Crippen LogP contribution in [-0.2, 0) is 0 Å². The summed E-state index contributed by atoms with van der Waals surface area (Å²) >= 11 is 8.02. The maximum Gasteiger partial charge on any atom is 0.261 e. The molecule has 7 heteroatoms. The van der Waals surface area contributed by atoms with Crippen LogP contribution in [0.4, 0.5) is 4.39 Å². The molecule has 21 heavy (non-hydrogen) atoms. The van der Waals surface area contributed by atoms with Gasteiger partial charge in [0.15, 0.2) is 11.6 Å². The van der Waals surface area contributed by atoms with Crippen LogP contribution in [0.1, 0.15) is 28.2 Å². The highest BCUT2D eigenvalue weighted by molar-refractivity contribution is 9.13. The minimum Gasteiger partial charge on any atom is -0.494 e. The van der Waals surface area contributed by atoms with Crippen molar-refractivity contribution in [1.82, 2.24) is 5.32 Å². The van der Waals surface area contributed by atoms with Gasteiger partial charge in [-0.3, -0.25) is 4.79 Å². The van der Waals surface area contributed by atoms with Crippen molar-refractivity contribution in [1.29, 1.82) is 0 Å². The standard InChI is InChI=1S/C14H12Br2FNO2S/c1-7(8-3-4-11(20-2)10(17)5-8)18-14(19)12-6-9(15)13(16)21-12/h3-7H,1-2H3,(H,18,19). The van der Waals surface area contributed by atoms with Crippen LogP contribution in [0.5, 0.6) is 5.75 Å². The van der Waals surface area contributed by atoms with Gasteiger partial charge in [0, 0.05) is 4.47 Å². The Labute approximate surface area is 142 Å². The van der Waals surface area contributed by atoms with Gasteiger partial charge in [-0.05, 0) is 62.5 Å². The first kappa shape index (κ1) is 16.5. The molecule has 0 aliphatic rings. The van der Waals surface area contributed by atoms with Crippen LogP contribution in [0.2, 0.25) is 0 Å². The highest BCUT2D eigenvalue weighted by Gasteiger charge is 2.16. The van der Waals surface area contributed by atoms with Crippen molar-refractivity contribution in [3.8, 4) is 5.75 Å². The van der Waals surface area contributed by atoms with Crippen LogP contribution >= 0.6 is 43.2 Å². The number of hydrogen-bond acceptors (Lipinski definition) is 3. The van der Waals surface area contributed by atoms with Gasteiger partial charge in [0.25, 0.3) is 5.91 Å². The molecule has 0 bridgehead atoms. The molecule has 1 amide bonds. The van der Waals surface area contributed by atoms with Crippen LogP contribution in [0.15, 0.2) is 32.5 Å². The highest BCUT2D eigenvalue weighted by Crippen LogP contribution is 2.32. The second kappa shape index (κ2) is 6.89. The van der Waals surface area contributed by atoms with Gasteiger partial charge < -0.3 is 10.1 Å². The number of carbonyl (C=O) groups is 1. The number of ether oxygens (including phenoxy) is 1. The molecule has 1 unspecified atom stereocenters. The van der Waals surface area contributed by atoms with E-state index in [-0.39, 0.29) is 17.7 Å². The van der Waals surface area contributed by atoms with Crippen molar-refractivity contribution in [3.63, 3.8) is 0 Å². The van der Waals surface area contributed by atoms with E-state index >= 15 is 0 Å². The predicted octanol–water partition coefficient (Wildman–Crippen LogP) is 4.91. The molecule has 1 heterocycles. The quantitative estimate of drug-likeness (QED) is 0.739. The van der Waals surface area contributed by atoms with Crippen molar-refractivity contribution in [2.24, 2.45) is 0 Å². The summed E-state index contributed by atoms with van der Waals surface area (Å²) in [6.45, 7) is 1.80. The number of benzene rings is 1. The predicted molar refractivity (Wildman–Crippen MR) is 88.6 cm³/mol. The largest absolute Gasteiger partial charge is 0.494 e. The monoisotopic (exact) mass is 435 g/mol. The summed E-state index contributed by atoms with van der Waals surface area (Å²) in [5.74, 6) is -0.462. The summed E-state index contributed by atoms with van der Waals surface area (Å²) in [5.41, 5.74) is 0.677. The summed E-state index contributed by atoms with van der Waals surface area (Å²) in [7, 11) is 1.41. The molecule has 0 spiro atoms. The van der Waals surface area contributed by atoms with Gasteiger partial charge in [-0.15, -0.1) is 11.3 Å². The fourth-order valence-electron chi connectivity index (χ4n) is 1.76. The Hall–Kier alpha value is -0.920. The Balaban J connectivity index is 2.12. The third-order valence-electron chi connectivity index (χ3n) is 2.89. The number of amides is 1. The van der Waals surface area contributed by atoms with E-state index < -0.39 is 5.82 Å². The Morgan fingerprint density at radius 3 is 2.62 bits per heavy atom. The minimum atomic E-state index is -0.447. The number of rotatable bonds is 4. The molecule has 112 valence electrons. The summed E-state index contributed by atoms with van der Waals surface area (Å²) < 4.78 is 20.2. The molecule has 0 saturated heterocycles. The zero-order chi connectivity index (χ0) is 15.6. The third-order valence-corrected chi connectivity index (χ3v) is 6.15. The number of halogens is 3. The summed E-state index contributed by atoms with van der Waals surface area (Å²) in [5, 5.41) is 2.84. The fraction of sp³-hybridized carbons (Fsp3) is 0.214. The van der Waals surface area contributed by atoms with E-state index in [0.29, 0.717) is 10.4 Å². The Morgan fingerprint density at radius 1 is 1.38 bits per heavy atom. The van der Waals surface area contributed by atoms with Crippen molar-refractivity contribution < 1.29 is 13.9 Å². The molecular formula is C14H12Br2FNO2S. The highest BCUT2D eigenvalue weighted by atomic mass is 79.9. The van der Waals surface area contributed by atoms with E-state index in [4.69, 9.17) is 4.74 Å². The Bertz CT molecular complexity index is 655. The lowest BCUT2D eigenvalue weighted by atomic mass is 10.1. The van der Waals surface area contributed by atoms with Crippen LogP contribution in [0.25, 0.3) is 0 Å². The lowest BCUT2D eigenvalue weighted by molar-refractivity contribution is 0.0944. The number of methoxy groups -OCH3 is 1. The first-order valence-electron chi connectivity index (χ1n) is 6.01. The van der Waals surface area contributed by atoms with E-state index in [1.807, 2.05) is 0 Å². The molecular weight excluding hydrogens is 425 g/mol. The van der Waals surface area contributed by atoms with Gasteiger partial charge in [-0.25, -0.2) is 4.39 Å². The lowest BCUT2D eigenvalue weighted by Gasteiger charge is -2.14. The molecule has 0 aliphatic carbocycles. The summed E-state index contributed by atoms with van der Waals surface area (Å²) in [4.78, 5) is 12.7. The molecule has 2 rings (SSSR count). The van der Waals surface area contributed by atoms with Gasteiger partial charge in [-0.2, -0.15) is 0 Å². The van der Waals surface area contributed by atoms with Crippen molar-refractivity contribution in [3.05, 3.63) is 48.8 Å². The van der Waals surface area contributed by atoms with Gasteiger partial charge in [-0.1, -0.05) is 6.07 Å². The molecule has 0 saturated carbocycles. The van der Waals surface area contributed by atoms with E-state index in [1.165, 1.54) is 24.5 Å². The molecule has 1 aromatic carbocycles.